The van der Waals surface area contributed by atoms with E-state index in [0.29, 0.717) is 40.5 Å². The summed E-state index contributed by atoms with van der Waals surface area (Å²) in [5, 5.41) is 9.82. The van der Waals surface area contributed by atoms with E-state index in [-0.39, 0.29) is 61.0 Å². The molecular weight excluding hydrogens is 824 g/mol. The topological polar surface area (TPSA) is 173 Å². The number of hydrogen-bond acceptors (Lipinski definition) is 10. The first kappa shape index (κ1) is 42.6. The van der Waals surface area contributed by atoms with Gasteiger partial charge in [0.1, 0.15) is 17.2 Å². The maximum Gasteiger partial charge on any atom is 0.416 e. The number of halogens is 3. The van der Waals surface area contributed by atoms with Crippen LogP contribution in [0.3, 0.4) is 0 Å². The molecule has 16 heteroatoms. The Kier molecular flexibility index (Phi) is 10.8. The van der Waals surface area contributed by atoms with Crippen LogP contribution in [0, 0.1) is 34.0 Å². The van der Waals surface area contributed by atoms with Crippen LogP contribution in [-0.2, 0) is 37.0 Å². The predicted molar refractivity (Wildman–Crippen MR) is 223 cm³/mol. The molecule has 2 saturated carbocycles. The van der Waals surface area contributed by atoms with E-state index in [1.165, 1.54) is 23.1 Å². The van der Waals surface area contributed by atoms with Crippen molar-refractivity contribution >= 4 is 49.7 Å². The van der Waals surface area contributed by atoms with Crippen molar-refractivity contribution in [1.29, 1.82) is 5.26 Å². The van der Waals surface area contributed by atoms with Gasteiger partial charge in [-0.25, -0.2) is 13.4 Å². The molecule has 0 bridgehead atoms. The zero-order valence-electron chi connectivity index (χ0n) is 34.2. The molecule has 3 fully saturated rings. The third kappa shape index (κ3) is 8.17. The molecule has 2 aliphatic carbocycles. The number of ether oxygens (including phenoxy) is 1. The molecule has 2 amide bonds. The number of Topliss-reactive ketones (excluding diaryl/α,β-unsaturated/α-hetero) is 1. The Hall–Kier alpha value is -6.08. The van der Waals surface area contributed by atoms with Crippen LogP contribution in [-0.4, -0.2) is 64.8 Å². The number of allylic oxidation sites excluding steroid dienone is 1. The molecule has 2 aromatic heterocycles. The number of rotatable bonds is 13. The average molecular weight is 868 g/mol. The number of fused-ring (bicyclic) bond motifs is 3. The fourth-order valence-corrected chi connectivity index (χ4v) is 9.86. The number of hydrogen-bond donors (Lipinski definition) is 1. The van der Waals surface area contributed by atoms with Gasteiger partial charge in [0.25, 0.3) is 5.88 Å². The van der Waals surface area contributed by atoms with E-state index >= 15 is 4.79 Å². The Labute approximate surface area is 356 Å². The molecule has 12 nitrogen and oxygen atoms in total. The van der Waals surface area contributed by atoms with E-state index in [2.05, 4.69) is 27.3 Å². The lowest BCUT2D eigenvalue weighted by molar-refractivity contribution is -0.144. The third-order valence-electron chi connectivity index (χ3n) is 12.3. The van der Waals surface area contributed by atoms with E-state index in [1.54, 1.807) is 48.5 Å². The van der Waals surface area contributed by atoms with Crippen molar-refractivity contribution in [3.8, 4) is 23.3 Å². The molecule has 3 aromatic carbocycles. The van der Waals surface area contributed by atoms with Gasteiger partial charge in [-0.2, -0.15) is 23.4 Å². The lowest BCUT2D eigenvalue weighted by Crippen LogP contribution is -2.48. The number of para-hydroxylation sites is 1. The summed E-state index contributed by atoms with van der Waals surface area (Å²) in [4.78, 5) is 54.2. The maximum atomic E-state index is 15.0. The highest BCUT2D eigenvalue weighted by atomic mass is 32.2. The van der Waals surface area contributed by atoms with Gasteiger partial charge in [-0.15, -0.1) is 6.58 Å². The SMILES string of the molecule is C=C[C@@H]1C[C@]1(CC(=O)[C@@H]1C[C@@H](Oc2nc(-c3ccc(C(F)(F)F)cc3)nc3c2oc2ccccc23)CN1C(=O)[C@@H](Cc1ccccc1C#N)C(C)(C)C)C(=O)NS(=O)(=O)C1CC1. The fourth-order valence-electron chi connectivity index (χ4n) is 8.47. The van der Waals surface area contributed by atoms with E-state index in [4.69, 9.17) is 9.15 Å². The van der Waals surface area contributed by atoms with Gasteiger partial charge in [0.05, 0.1) is 40.4 Å². The van der Waals surface area contributed by atoms with Crippen LogP contribution < -0.4 is 9.46 Å². The molecule has 0 spiro atoms. The van der Waals surface area contributed by atoms with Crippen LogP contribution in [0.25, 0.3) is 33.5 Å². The van der Waals surface area contributed by atoms with Crippen LogP contribution in [0.4, 0.5) is 13.2 Å². The summed E-state index contributed by atoms with van der Waals surface area (Å²) in [5.41, 5.74) is -0.640. The lowest BCUT2D eigenvalue weighted by Gasteiger charge is -2.35. The molecule has 1 N–H and O–H groups in total. The Morgan fingerprint density at radius 1 is 1.05 bits per heavy atom. The standard InChI is InChI=1S/C46H44F3N5O7S/c1-5-29-22-45(29,43(57)53-62(58,59)32-18-19-32)23-36(55)35-21-31(25-54(35)42(56)34(44(2,3)4)20-27-10-6-7-11-28(27)24-50)60-41-39-38(33-12-8-9-13-37(33)61-39)51-40(52-41)26-14-16-30(17-15-26)46(47,48)49/h5-17,29,31-32,34-35H,1,18-23,25H2,2-4H3,(H,53,57)/t29-,31-,34-,35+,45-/m1/s1. The molecule has 5 atom stereocenters. The number of nitrogens with one attached hydrogen (secondary N) is 1. The number of likely N-dealkylation sites (tertiary alicyclic amines) is 1. The van der Waals surface area contributed by atoms with Crippen molar-refractivity contribution in [2.45, 2.75) is 82.9 Å². The fraction of sp³-hybridized carbons (Fsp3) is 0.391. The van der Waals surface area contributed by atoms with Gasteiger partial charge in [-0.05, 0) is 72.9 Å². The minimum absolute atomic E-state index is 0.0472. The van der Waals surface area contributed by atoms with E-state index in [0.717, 1.165) is 12.1 Å². The van der Waals surface area contributed by atoms with Crippen LogP contribution in [0.1, 0.15) is 69.6 Å². The van der Waals surface area contributed by atoms with Gasteiger partial charge in [0, 0.05) is 29.7 Å². The third-order valence-corrected chi connectivity index (χ3v) is 14.1. The monoisotopic (exact) mass is 867 g/mol. The highest BCUT2D eigenvalue weighted by Crippen LogP contribution is 2.57. The number of sulfonamides is 1. The Morgan fingerprint density at radius 2 is 1.74 bits per heavy atom. The zero-order chi connectivity index (χ0) is 44.4. The van der Waals surface area contributed by atoms with Gasteiger partial charge in [-0.1, -0.05) is 69.3 Å². The molecule has 1 aliphatic heterocycles. The van der Waals surface area contributed by atoms with Crippen molar-refractivity contribution in [2.24, 2.45) is 22.7 Å². The normalized spacial score (nSPS) is 22.0. The van der Waals surface area contributed by atoms with Gasteiger partial charge in [0.15, 0.2) is 11.6 Å². The summed E-state index contributed by atoms with van der Waals surface area (Å²) in [7, 11) is -3.93. The quantitative estimate of drug-likeness (QED) is 0.115. The number of carbonyl (C=O) groups is 3. The van der Waals surface area contributed by atoms with Crippen molar-refractivity contribution in [2.75, 3.05) is 6.54 Å². The summed E-state index contributed by atoms with van der Waals surface area (Å²) in [6, 6.07) is 19.4. The Balaban J connectivity index is 1.16. The number of aromatic nitrogens is 2. The number of nitriles is 1. The smallest absolute Gasteiger partial charge is 0.416 e. The van der Waals surface area contributed by atoms with Gasteiger partial charge >= 0.3 is 6.18 Å². The molecule has 0 unspecified atom stereocenters. The van der Waals surface area contributed by atoms with Crippen molar-refractivity contribution in [3.63, 3.8) is 0 Å². The second-order valence-electron chi connectivity index (χ2n) is 17.6. The predicted octanol–water partition coefficient (Wildman–Crippen LogP) is 7.95. The number of carbonyl (C=O) groups excluding carboxylic acids is 3. The van der Waals surface area contributed by atoms with E-state index in [9.17, 15) is 36.4 Å². The van der Waals surface area contributed by atoms with Gasteiger partial charge in [-0.3, -0.25) is 19.1 Å². The number of benzene rings is 3. The van der Waals surface area contributed by atoms with E-state index in [1.807, 2.05) is 20.8 Å². The molecular formula is C46H44F3N5O7S. The Morgan fingerprint density at radius 3 is 2.39 bits per heavy atom. The summed E-state index contributed by atoms with van der Waals surface area (Å²) in [5.74, 6) is -2.86. The summed E-state index contributed by atoms with van der Waals surface area (Å²) in [6.07, 6.45) is -3.08. The molecule has 5 aromatic rings. The molecule has 3 heterocycles. The number of furan rings is 1. The average Bonchev–Trinajstić information content (AvgIpc) is 4.14. The van der Waals surface area contributed by atoms with Crippen molar-refractivity contribution in [1.82, 2.24) is 19.6 Å². The van der Waals surface area contributed by atoms with E-state index < -0.39 is 73.5 Å². The molecule has 322 valence electrons. The van der Waals surface area contributed by atoms with Crippen LogP contribution in [0.2, 0.25) is 0 Å². The molecule has 3 aliphatic rings. The summed E-state index contributed by atoms with van der Waals surface area (Å²) >= 11 is 0. The minimum atomic E-state index is -4.56. The first-order chi connectivity index (χ1) is 29.3. The van der Waals surface area contributed by atoms with Crippen LogP contribution in [0.5, 0.6) is 5.88 Å². The number of ketones is 1. The summed E-state index contributed by atoms with van der Waals surface area (Å²) < 4.78 is 81.1. The highest BCUT2D eigenvalue weighted by molar-refractivity contribution is 7.90. The molecule has 62 heavy (non-hydrogen) atoms. The van der Waals surface area contributed by atoms with Crippen molar-refractivity contribution < 1.29 is 45.1 Å². The largest absolute Gasteiger partial charge is 0.470 e. The number of alkyl halides is 3. The second kappa shape index (κ2) is 15.7. The molecule has 1 saturated heterocycles. The Bertz CT molecular complexity index is 2770. The van der Waals surface area contributed by atoms with Gasteiger partial charge in [0.2, 0.25) is 27.4 Å². The minimum Gasteiger partial charge on any atom is -0.470 e. The zero-order valence-corrected chi connectivity index (χ0v) is 35.1. The first-order valence-corrected chi connectivity index (χ1v) is 21.9. The van der Waals surface area contributed by atoms with Crippen molar-refractivity contribution in [3.05, 3.63) is 102 Å². The van der Waals surface area contributed by atoms with Crippen LogP contribution >= 0.6 is 0 Å². The number of nitrogens with zero attached hydrogens (tertiary/aromatic N) is 4. The first-order valence-electron chi connectivity index (χ1n) is 20.4. The molecule has 8 rings (SSSR count). The maximum absolute atomic E-state index is 15.0. The summed E-state index contributed by atoms with van der Waals surface area (Å²) in [6.45, 7) is 9.40. The van der Waals surface area contributed by atoms with Crippen LogP contribution in [0.15, 0.2) is 89.9 Å². The number of amides is 2. The van der Waals surface area contributed by atoms with Gasteiger partial charge < -0.3 is 14.1 Å². The molecule has 0 radical (unpaired) electrons. The lowest BCUT2D eigenvalue weighted by atomic mass is 9.75. The highest BCUT2D eigenvalue weighted by Gasteiger charge is 2.61. The second-order valence-corrected chi connectivity index (χ2v) is 19.6.